The zero-order valence-electron chi connectivity index (χ0n) is 6.06. The maximum absolute atomic E-state index is 4.80. The van der Waals surface area contributed by atoms with Crippen LogP contribution in [-0.2, 0) is 4.74 Å². The predicted molar refractivity (Wildman–Crippen MR) is 35.6 cm³/mol. The molecule has 0 fully saturated rings. The molecule has 0 aliphatic carbocycles. The van der Waals surface area contributed by atoms with Crippen LogP contribution in [0.5, 0.6) is 0 Å². The van der Waals surface area contributed by atoms with Gasteiger partial charge in [-0.3, -0.25) is 0 Å². The van der Waals surface area contributed by atoms with Gasteiger partial charge in [-0.2, -0.15) is 0 Å². The average molecular weight is 114 g/mol. The molecule has 8 heavy (non-hydrogen) atoms. The van der Waals surface area contributed by atoms with E-state index in [0.717, 1.165) is 0 Å². The summed E-state index contributed by atoms with van der Waals surface area (Å²) in [6, 6.07) is 0. The molecule has 0 bridgehead atoms. The van der Waals surface area contributed by atoms with Gasteiger partial charge in [0.1, 0.15) is 0 Å². The molecule has 0 aromatic rings. The quantitative estimate of drug-likeness (QED) is 0.500. The van der Waals surface area contributed by atoms with Gasteiger partial charge in [-0.05, 0) is 18.4 Å². The van der Waals surface area contributed by atoms with Gasteiger partial charge in [-0.1, -0.05) is 13.8 Å². The number of hydrogen-bond acceptors (Lipinski definition) is 1. The third kappa shape index (κ3) is 2.67. The molecule has 0 saturated heterocycles. The summed E-state index contributed by atoms with van der Waals surface area (Å²) in [6.07, 6.45) is 1.78. The van der Waals surface area contributed by atoms with Gasteiger partial charge in [0, 0.05) is 0 Å². The first-order chi connectivity index (χ1) is 3.68. The molecule has 1 heteroatoms. The summed E-state index contributed by atoms with van der Waals surface area (Å²) in [5, 5.41) is 0. The highest BCUT2D eigenvalue weighted by atomic mass is 16.5. The lowest BCUT2D eigenvalue weighted by Crippen LogP contribution is -1.88. The molecule has 48 valence electrons. The molecular formula is C7H14O. The normalized spacial score (nSPS) is 12.4. The number of hydrogen-bond donors (Lipinski definition) is 0. The van der Waals surface area contributed by atoms with Crippen molar-refractivity contribution in [2.24, 2.45) is 5.92 Å². The summed E-state index contributed by atoms with van der Waals surface area (Å²) in [6.45, 7) is 6.35. The first-order valence-electron chi connectivity index (χ1n) is 2.88. The topological polar surface area (TPSA) is 9.23 Å². The maximum Gasteiger partial charge on any atom is 0.0816 e. The third-order valence-corrected chi connectivity index (χ3v) is 1.21. The van der Waals surface area contributed by atoms with Gasteiger partial charge in [0.15, 0.2) is 0 Å². The van der Waals surface area contributed by atoms with Crippen molar-refractivity contribution < 1.29 is 4.74 Å². The lowest BCUT2D eigenvalue weighted by molar-refractivity contribution is 0.330. The van der Waals surface area contributed by atoms with Gasteiger partial charge in [0.05, 0.1) is 13.4 Å². The minimum atomic E-state index is 0.606. The monoisotopic (exact) mass is 114 g/mol. The Bertz CT molecular complexity index is 82.4. The van der Waals surface area contributed by atoms with Crippen LogP contribution in [0.3, 0.4) is 0 Å². The number of rotatable bonds is 2. The molecule has 0 N–H and O–H groups in total. The van der Waals surface area contributed by atoms with Crippen molar-refractivity contribution in [3.05, 3.63) is 11.8 Å². The van der Waals surface area contributed by atoms with Gasteiger partial charge in [-0.15, -0.1) is 0 Å². The fraction of sp³-hybridized carbons (Fsp3) is 0.714. The Hall–Kier alpha value is -0.460. The lowest BCUT2D eigenvalue weighted by atomic mass is 10.1. The van der Waals surface area contributed by atoms with Crippen LogP contribution < -0.4 is 0 Å². The lowest BCUT2D eigenvalue weighted by Gasteiger charge is -2.01. The van der Waals surface area contributed by atoms with Crippen molar-refractivity contribution in [2.75, 3.05) is 7.11 Å². The molecule has 0 rings (SSSR count). The van der Waals surface area contributed by atoms with Gasteiger partial charge >= 0.3 is 0 Å². The van der Waals surface area contributed by atoms with E-state index in [2.05, 4.69) is 20.8 Å². The van der Waals surface area contributed by atoms with Crippen molar-refractivity contribution >= 4 is 0 Å². The van der Waals surface area contributed by atoms with Crippen LogP contribution in [0.1, 0.15) is 20.8 Å². The minimum absolute atomic E-state index is 0.606. The van der Waals surface area contributed by atoms with Crippen LogP contribution >= 0.6 is 0 Å². The van der Waals surface area contributed by atoms with E-state index in [0.29, 0.717) is 5.92 Å². The van der Waals surface area contributed by atoms with Crippen LogP contribution in [0, 0.1) is 5.92 Å². The summed E-state index contributed by atoms with van der Waals surface area (Å²) < 4.78 is 4.80. The molecule has 0 radical (unpaired) electrons. The molecule has 0 unspecified atom stereocenters. The second kappa shape index (κ2) is 3.53. The number of ether oxygens (including phenoxy) is 1. The summed E-state index contributed by atoms with van der Waals surface area (Å²) in [7, 11) is 1.67. The van der Waals surface area contributed by atoms with Crippen molar-refractivity contribution in [2.45, 2.75) is 20.8 Å². The second-order valence-corrected chi connectivity index (χ2v) is 2.25. The molecule has 0 amide bonds. The fourth-order valence-electron chi connectivity index (χ4n) is 0.322. The molecule has 0 aromatic carbocycles. The Morgan fingerprint density at radius 1 is 1.50 bits per heavy atom. The Morgan fingerprint density at radius 2 is 2.00 bits per heavy atom. The zero-order chi connectivity index (χ0) is 6.57. The van der Waals surface area contributed by atoms with E-state index in [4.69, 9.17) is 4.74 Å². The first-order valence-corrected chi connectivity index (χ1v) is 2.88. The van der Waals surface area contributed by atoms with Crippen LogP contribution in [-0.4, -0.2) is 7.11 Å². The Balaban J connectivity index is 3.61. The fourth-order valence-corrected chi connectivity index (χ4v) is 0.322. The first kappa shape index (κ1) is 7.54. The summed E-state index contributed by atoms with van der Waals surface area (Å²) in [5.41, 5.74) is 1.28. The third-order valence-electron chi connectivity index (χ3n) is 1.21. The average Bonchev–Trinajstić information content (AvgIpc) is 1.67. The Morgan fingerprint density at radius 3 is 2.12 bits per heavy atom. The van der Waals surface area contributed by atoms with Gasteiger partial charge in [0.2, 0.25) is 0 Å². The van der Waals surface area contributed by atoms with E-state index in [9.17, 15) is 0 Å². The Kier molecular flexibility index (Phi) is 3.33. The molecule has 0 spiro atoms. The van der Waals surface area contributed by atoms with Gasteiger partial charge in [0.25, 0.3) is 0 Å². The van der Waals surface area contributed by atoms with Gasteiger partial charge < -0.3 is 4.74 Å². The van der Waals surface area contributed by atoms with Crippen molar-refractivity contribution in [1.82, 2.24) is 0 Å². The maximum atomic E-state index is 4.80. The molecule has 0 atom stereocenters. The molecular weight excluding hydrogens is 100 g/mol. The molecule has 0 aliphatic rings. The molecule has 1 nitrogen and oxygen atoms in total. The Labute approximate surface area is 51.4 Å². The predicted octanol–water partition coefficient (Wildman–Crippen LogP) is 2.19. The smallest absolute Gasteiger partial charge is 0.0816 e. The van der Waals surface area contributed by atoms with E-state index >= 15 is 0 Å². The zero-order valence-corrected chi connectivity index (χ0v) is 6.06. The number of methoxy groups -OCH3 is 1. The van der Waals surface area contributed by atoms with E-state index in [1.165, 1.54) is 5.57 Å². The molecule has 0 aromatic heterocycles. The highest BCUT2D eigenvalue weighted by Gasteiger charge is 1.93. The summed E-state index contributed by atoms with van der Waals surface area (Å²) in [4.78, 5) is 0. The van der Waals surface area contributed by atoms with E-state index in [-0.39, 0.29) is 0 Å². The van der Waals surface area contributed by atoms with Crippen molar-refractivity contribution in [3.63, 3.8) is 0 Å². The minimum Gasteiger partial charge on any atom is -0.504 e. The van der Waals surface area contributed by atoms with Crippen LogP contribution in [0.2, 0.25) is 0 Å². The van der Waals surface area contributed by atoms with Crippen LogP contribution in [0.25, 0.3) is 0 Å². The van der Waals surface area contributed by atoms with Crippen LogP contribution in [0.4, 0.5) is 0 Å². The van der Waals surface area contributed by atoms with Gasteiger partial charge in [-0.25, -0.2) is 0 Å². The highest BCUT2D eigenvalue weighted by Crippen LogP contribution is 2.06. The molecule has 0 saturated carbocycles. The second-order valence-electron chi connectivity index (χ2n) is 2.25. The van der Waals surface area contributed by atoms with E-state index < -0.39 is 0 Å². The highest BCUT2D eigenvalue weighted by molar-refractivity contribution is 4.95. The molecule has 0 heterocycles. The van der Waals surface area contributed by atoms with Crippen LogP contribution in [0.15, 0.2) is 11.8 Å². The van der Waals surface area contributed by atoms with Crippen molar-refractivity contribution in [3.8, 4) is 0 Å². The van der Waals surface area contributed by atoms with Crippen molar-refractivity contribution in [1.29, 1.82) is 0 Å². The van der Waals surface area contributed by atoms with E-state index in [1.807, 2.05) is 0 Å². The largest absolute Gasteiger partial charge is 0.504 e. The SMILES string of the molecule is CO/C=C(\C)C(C)C. The molecule has 0 aliphatic heterocycles. The number of allylic oxidation sites excluding steroid dienone is 1. The standard InChI is InChI=1S/C7H14O/c1-6(2)7(3)5-8-4/h5-6H,1-4H3/b7-5+. The van der Waals surface area contributed by atoms with E-state index in [1.54, 1.807) is 13.4 Å². The summed E-state index contributed by atoms with van der Waals surface area (Å²) >= 11 is 0. The summed E-state index contributed by atoms with van der Waals surface area (Å²) in [5.74, 6) is 0.606.